The maximum atomic E-state index is 5.51. The van der Waals surface area contributed by atoms with E-state index in [1.54, 1.807) is 0 Å². The van der Waals surface area contributed by atoms with Crippen LogP contribution in [0.2, 0.25) is 0 Å². The van der Waals surface area contributed by atoms with Gasteiger partial charge >= 0.3 is 0 Å². The molecule has 6 heteroatoms. The van der Waals surface area contributed by atoms with Crippen LogP contribution < -0.4 is 5.32 Å². The van der Waals surface area contributed by atoms with Crippen LogP contribution in [0.15, 0.2) is 61.1 Å². The van der Waals surface area contributed by atoms with Gasteiger partial charge in [0.25, 0.3) is 0 Å². The van der Waals surface area contributed by atoms with Crippen molar-refractivity contribution in [2.24, 2.45) is 0 Å². The minimum atomic E-state index is -0.00204. The summed E-state index contributed by atoms with van der Waals surface area (Å²) in [5, 5.41) is 4.13. The Morgan fingerprint density at radius 2 is 1.96 bits per heavy atom. The molecule has 0 aliphatic carbocycles. The Labute approximate surface area is 152 Å². The fraction of sp³-hybridized carbons (Fsp3) is 0.211. The van der Waals surface area contributed by atoms with E-state index in [4.69, 9.17) is 12.2 Å². The van der Waals surface area contributed by atoms with Gasteiger partial charge in [-0.3, -0.25) is 4.98 Å². The van der Waals surface area contributed by atoms with Crippen LogP contribution in [0, 0.1) is 6.92 Å². The molecule has 0 saturated carbocycles. The summed E-state index contributed by atoms with van der Waals surface area (Å²) in [4.78, 5) is 11.2. The van der Waals surface area contributed by atoms with Gasteiger partial charge in [0, 0.05) is 31.3 Å². The zero-order chi connectivity index (χ0) is 17.4. The molecule has 3 aromatic rings. The monoisotopic (exact) mass is 349 g/mol. The molecule has 25 heavy (non-hydrogen) atoms. The van der Waals surface area contributed by atoms with Crippen molar-refractivity contribution in [3.8, 4) is 5.82 Å². The molecule has 1 fully saturated rings. The molecule has 1 aliphatic heterocycles. The van der Waals surface area contributed by atoms with Crippen molar-refractivity contribution in [1.29, 1.82) is 0 Å². The quantitative estimate of drug-likeness (QED) is 0.736. The molecular formula is C19H19N5S. The zero-order valence-corrected chi connectivity index (χ0v) is 14.9. The van der Waals surface area contributed by atoms with E-state index in [-0.39, 0.29) is 12.1 Å². The minimum absolute atomic E-state index is 0.00204. The lowest BCUT2D eigenvalue weighted by Gasteiger charge is -2.25. The molecule has 126 valence electrons. The minimum Gasteiger partial charge on any atom is -0.352 e. The Hall–Kier alpha value is -2.73. The van der Waals surface area contributed by atoms with Gasteiger partial charge in [-0.15, -0.1) is 0 Å². The molecule has 1 aliphatic rings. The van der Waals surface area contributed by atoms with Gasteiger partial charge in [-0.2, -0.15) is 0 Å². The number of hydrogen-bond acceptors (Lipinski definition) is 3. The molecule has 2 atom stereocenters. The van der Waals surface area contributed by atoms with Gasteiger partial charge in [0.05, 0.1) is 17.8 Å². The second-order valence-electron chi connectivity index (χ2n) is 6.23. The van der Waals surface area contributed by atoms with Gasteiger partial charge in [-0.25, -0.2) is 4.98 Å². The topological polar surface area (TPSA) is 46.0 Å². The predicted molar refractivity (Wildman–Crippen MR) is 102 cm³/mol. The van der Waals surface area contributed by atoms with E-state index in [1.165, 1.54) is 0 Å². The highest BCUT2D eigenvalue weighted by Gasteiger charge is 2.39. The lowest BCUT2D eigenvalue weighted by molar-refractivity contribution is 0.356. The standard InChI is InChI=1S/C19H19N5S/c1-13-8-9-16(21-12-13)24-11-5-7-15(24)18-17(22-19(25)23(18)2)14-6-3-4-10-20-14/h3-12,17-18H,1-2H3,(H,22,25). The summed E-state index contributed by atoms with van der Waals surface area (Å²) in [6.45, 7) is 2.04. The molecule has 4 rings (SSSR count). The number of nitrogens with one attached hydrogen (secondary N) is 1. The Kier molecular flexibility index (Phi) is 3.97. The van der Waals surface area contributed by atoms with Crippen LogP contribution in [-0.2, 0) is 0 Å². The van der Waals surface area contributed by atoms with E-state index >= 15 is 0 Å². The third kappa shape index (κ3) is 2.78. The van der Waals surface area contributed by atoms with Crippen molar-refractivity contribution in [2.45, 2.75) is 19.0 Å². The number of hydrogen-bond donors (Lipinski definition) is 1. The van der Waals surface area contributed by atoms with Crippen LogP contribution in [-0.4, -0.2) is 31.6 Å². The summed E-state index contributed by atoms with van der Waals surface area (Å²) < 4.78 is 2.12. The molecule has 0 radical (unpaired) electrons. The summed E-state index contributed by atoms with van der Waals surface area (Å²) in [7, 11) is 2.02. The first-order valence-corrected chi connectivity index (χ1v) is 8.60. The normalized spacial score (nSPS) is 19.9. The highest BCUT2D eigenvalue weighted by molar-refractivity contribution is 7.80. The molecule has 0 amide bonds. The van der Waals surface area contributed by atoms with Crippen molar-refractivity contribution >= 4 is 17.3 Å². The van der Waals surface area contributed by atoms with Crippen LogP contribution in [0.1, 0.15) is 29.0 Å². The maximum Gasteiger partial charge on any atom is 0.169 e. The summed E-state index contributed by atoms with van der Waals surface area (Å²) in [5.41, 5.74) is 3.25. The molecule has 0 spiro atoms. The van der Waals surface area contributed by atoms with Crippen LogP contribution in [0.3, 0.4) is 0 Å². The Morgan fingerprint density at radius 1 is 1.08 bits per heavy atom. The van der Waals surface area contributed by atoms with Crippen LogP contribution in [0.5, 0.6) is 0 Å². The maximum absolute atomic E-state index is 5.51. The van der Waals surface area contributed by atoms with E-state index in [0.29, 0.717) is 0 Å². The van der Waals surface area contributed by atoms with E-state index in [2.05, 4.69) is 36.9 Å². The fourth-order valence-electron chi connectivity index (χ4n) is 3.27. The third-order valence-electron chi connectivity index (χ3n) is 4.56. The molecule has 1 saturated heterocycles. The predicted octanol–water partition coefficient (Wildman–Crippen LogP) is 3.18. The summed E-state index contributed by atoms with van der Waals surface area (Å²) in [5.74, 6) is 0.900. The van der Waals surface area contributed by atoms with Gasteiger partial charge in [-0.1, -0.05) is 12.1 Å². The molecule has 5 nitrogen and oxygen atoms in total. The average molecular weight is 349 g/mol. The molecular weight excluding hydrogens is 330 g/mol. The Bertz CT molecular complexity index is 888. The molecule has 0 aromatic carbocycles. The number of rotatable bonds is 3. The van der Waals surface area contributed by atoms with Crippen molar-refractivity contribution in [2.75, 3.05) is 7.05 Å². The average Bonchev–Trinajstić information content (AvgIpc) is 3.22. The van der Waals surface area contributed by atoms with E-state index in [1.807, 2.05) is 62.9 Å². The van der Waals surface area contributed by atoms with Gasteiger partial charge < -0.3 is 14.8 Å². The molecule has 4 heterocycles. The van der Waals surface area contributed by atoms with Crippen LogP contribution in [0.25, 0.3) is 5.82 Å². The van der Waals surface area contributed by atoms with E-state index < -0.39 is 0 Å². The Balaban J connectivity index is 1.78. The smallest absolute Gasteiger partial charge is 0.169 e. The molecule has 2 unspecified atom stereocenters. The van der Waals surface area contributed by atoms with Crippen LogP contribution >= 0.6 is 12.2 Å². The molecule has 1 N–H and O–H groups in total. The first-order chi connectivity index (χ1) is 12.1. The van der Waals surface area contributed by atoms with Gasteiger partial charge in [0.2, 0.25) is 0 Å². The summed E-state index contributed by atoms with van der Waals surface area (Å²) >= 11 is 5.51. The van der Waals surface area contributed by atoms with Gasteiger partial charge in [0.1, 0.15) is 5.82 Å². The molecule has 0 bridgehead atoms. The van der Waals surface area contributed by atoms with E-state index in [0.717, 1.165) is 27.9 Å². The SMILES string of the molecule is Cc1ccc(-n2cccc2C2C(c3ccccn3)NC(=S)N2C)nc1. The highest BCUT2D eigenvalue weighted by Crippen LogP contribution is 2.38. The number of aromatic nitrogens is 3. The Morgan fingerprint density at radius 3 is 2.68 bits per heavy atom. The number of thiocarbonyl (C=S) groups is 1. The summed E-state index contributed by atoms with van der Waals surface area (Å²) in [6, 6.07) is 14.3. The third-order valence-corrected chi connectivity index (χ3v) is 4.97. The molecule has 3 aromatic heterocycles. The van der Waals surface area contributed by atoms with Crippen molar-refractivity contribution < 1.29 is 0 Å². The largest absolute Gasteiger partial charge is 0.352 e. The lowest BCUT2D eigenvalue weighted by atomic mass is 10.0. The van der Waals surface area contributed by atoms with Crippen molar-refractivity contribution in [3.63, 3.8) is 0 Å². The number of aryl methyl sites for hydroxylation is 1. The number of likely N-dealkylation sites (N-methyl/N-ethyl adjacent to an activating group) is 1. The number of nitrogens with zero attached hydrogens (tertiary/aromatic N) is 4. The summed E-state index contributed by atoms with van der Waals surface area (Å²) in [6.07, 6.45) is 5.74. The highest BCUT2D eigenvalue weighted by atomic mass is 32.1. The zero-order valence-electron chi connectivity index (χ0n) is 14.1. The second kappa shape index (κ2) is 6.29. The van der Waals surface area contributed by atoms with Crippen LogP contribution in [0.4, 0.5) is 0 Å². The van der Waals surface area contributed by atoms with Gasteiger partial charge in [0.15, 0.2) is 5.11 Å². The second-order valence-corrected chi connectivity index (χ2v) is 6.62. The van der Waals surface area contributed by atoms with Gasteiger partial charge in [-0.05, 0) is 55.0 Å². The van der Waals surface area contributed by atoms with Crippen molar-refractivity contribution in [3.05, 3.63) is 78.0 Å². The van der Waals surface area contributed by atoms with Crippen molar-refractivity contribution in [1.82, 2.24) is 24.8 Å². The first kappa shape index (κ1) is 15.8. The van der Waals surface area contributed by atoms with E-state index in [9.17, 15) is 0 Å². The fourth-order valence-corrected chi connectivity index (χ4v) is 3.52. The lowest BCUT2D eigenvalue weighted by Crippen LogP contribution is -2.26. The first-order valence-electron chi connectivity index (χ1n) is 8.19. The number of pyridine rings is 2.